The lowest BCUT2D eigenvalue weighted by Gasteiger charge is -2.08. The third-order valence-electron chi connectivity index (χ3n) is 2.22. The molecule has 16 heavy (non-hydrogen) atoms. The Morgan fingerprint density at radius 1 is 1.12 bits per heavy atom. The first-order valence-corrected chi connectivity index (χ1v) is 5.77. The largest absolute Gasteiger partial charge is 0.339 e. The number of rotatable bonds is 2. The summed E-state index contributed by atoms with van der Waals surface area (Å²) in [7, 11) is 0. The van der Waals surface area contributed by atoms with Gasteiger partial charge in [-0.25, -0.2) is 4.98 Å². The predicted octanol–water partition coefficient (Wildman–Crippen LogP) is 3.60. The molecule has 0 saturated carbocycles. The van der Waals surface area contributed by atoms with E-state index in [9.17, 15) is 0 Å². The van der Waals surface area contributed by atoms with Crippen molar-refractivity contribution in [2.24, 2.45) is 0 Å². The second-order valence-corrected chi connectivity index (χ2v) is 4.49. The van der Waals surface area contributed by atoms with Crippen LogP contribution in [0.2, 0.25) is 0 Å². The third-order valence-corrected chi connectivity index (χ3v) is 2.68. The van der Waals surface area contributed by atoms with Crippen LogP contribution in [-0.2, 0) is 0 Å². The van der Waals surface area contributed by atoms with Gasteiger partial charge in [0.1, 0.15) is 5.82 Å². The summed E-state index contributed by atoms with van der Waals surface area (Å²) < 4.78 is 0.969. The molecule has 0 saturated heterocycles. The number of pyridine rings is 2. The summed E-state index contributed by atoms with van der Waals surface area (Å²) >= 11 is 3.35. The minimum absolute atomic E-state index is 0.817. The molecular formula is C12H12BrN3. The molecule has 0 atom stereocenters. The average Bonchev–Trinajstić information content (AvgIpc) is 2.25. The van der Waals surface area contributed by atoms with Gasteiger partial charge in [0, 0.05) is 16.4 Å². The van der Waals surface area contributed by atoms with Crippen LogP contribution in [0.25, 0.3) is 0 Å². The van der Waals surface area contributed by atoms with Gasteiger partial charge in [-0.3, -0.25) is 4.98 Å². The Hall–Kier alpha value is -1.42. The molecule has 0 fully saturated rings. The first-order chi connectivity index (χ1) is 7.65. The summed E-state index contributed by atoms with van der Waals surface area (Å²) in [6, 6.07) is 7.87. The second-order valence-electron chi connectivity index (χ2n) is 3.57. The van der Waals surface area contributed by atoms with Gasteiger partial charge in [0.15, 0.2) is 0 Å². The first kappa shape index (κ1) is 11.1. The maximum absolute atomic E-state index is 4.39. The third kappa shape index (κ3) is 2.58. The smallest absolute Gasteiger partial charge is 0.130 e. The normalized spacial score (nSPS) is 10.2. The van der Waals surface area contributed by atoms with Crippen LogP contribution < -0.4 is 5.32 Å². The molecule has 2 aromatic rings. The highest BCUT2D eigenvalue weighted by Gasteiger charge is 2.01. The van der Waals surface area contributed by atoms with Crippen molar-refractivity contribution in [2.75, 3.05) is 5.32 Å². The molecule has 2 heterocycles. The SMILES string of the molecule is Cc1ccc(Nc2ccc(Br)cn2)c(C)n1. The van der Waals surface area contributed by atoms with Gasteiger partial charge in [-0.1, -0.05) is 0 Å². The zero-order valence-corrected chi connectivity index (χ0v) is 10.7. The fourth-order valence-corrected chi connectivity index (χ4v) is 1.64. The van der Waals surface area contributed by atoms with E-state index >= 15 is 0 Å². The minimum atomic E-state index is 0.817. The van der Waals surface area contributed by atoms with Crippen molar-refractivity contribution in [3.8, 4) is 0 Å². The van der Waals surface area contributed by atoms with Gasteiger partial charge in [-0.2, -0.15) is 0 Å². The second kappa shape index (κ2) is 4.61. The highest BCUT2D eigenvalue weighted by Crippen LogP contribution is 2.18. The van der Waals surface area contributed by atoms with Gasteiger partial charge < -0.3 is 5.32 Å². The Morgan fingerprint density at radius 2 is 1.94 bits per heavy atom. The fraction of sp³-hybridized carbons (Fsp3) is 0.167. The molecule has 2 rings (SSSR count). The molecule has 0 amide bonds. The van der Waals surface area contributed by atoms with Gasteiger partial charge in [0.05, 0.1) is 11.4 Å². The van der Waals surface area contributed by atoms with Gasteiger partial charge in [0.2, 0.25) is 0 Å². The van der Waals surface area contributed by atoms with Crippen LogP contribution in [0.4, 0.5) is 11.5 Å². The quantitative estimate of drug-likeness (QED) is 0.912. The lowest BCUT2D eigenvalue weighted by atomic mass is 10.2. The number of aromatic nitrogens is 2. The van der Waals surface area contributed by atoms with E-state index in [4.69, 9.17) is 0 Å². The highest BCUT2D eigenvalue weighted by molar-refractivity contribution is 9.10. The van der Waals surface area contributed by atoms with Crippen LogP contribution in [0.1, 0.15) is 11.4 Å². The maximum atomic E-state index is 4.39. The predicted molar refractivity (Wildman–Crippen MR) is 68.9 cm³/mol. The van der Waals surface area contributed by atoms with Gasteiger partial charge in [0.25, 0.3) is 0 Å². The number of halogens is 1. The van der Waals surface area contributed by atoms with Gasteiger partial charge >= 0.3 is 0 Å². The fourth-order valence-electron chi connectivity index (χ4n) is 1.41. The number of anilines is 2. The summed E-state index contributed by atoms with van der Waals surface area (Å²) in [4.78, 5) is 8.64. The topological polar surface area (TPSA) is 37.8 Å². The molecule has 1 N–H and O–H groups in total. The molecular weight excluding hydrogens is 266 g/mol. The molecule has 0 spiro atoms. The molecule has 2 aromatic heterocycles. The average molecular weight is 278 g/mol. The monoisotopic (exact) mass is 277 g/mol. The van der Waals surface area contributed by atoms with Crippen LogP contribution >= 0.6 is 15.9 Å². The van der Waals surface area contributed by atoms with Crippen LogP contribution in [0, 0.1) is 13.8 Å². The standard InChI is InChI=1S/C12H12BrN3/c1-8-3-5-11(9(2)15-8)16-12-6-4-10(13)7-14-12/h3-7H,1-2H3,(H,14,16). The van der Waals surface area contributed by atoms with Crippen molar-refractivity contribution in [2.45, 2.75) is 13.8 Å². The number of aryl methyl sites for hydroxylation is 2. The number of nitrogens with one attached hydrogen (secondary N) is 1. The zero-order valence-electron chi connectivity index (χ0n) is 9.16. The molecule has 0 bridgehead atoms. The number of nitrogens with zero attached hydrogens (tertiary/aromatic N) is 2. The number of hydrogen-bond acceptors (Lipinski definition) is 3. The van der Waals surface area contributed by atoms with Crippen molar-refractivity contribution in [3.63, 3.8) is 0 Å². The molecule has 3 nitrogen and oxygen atoms in total. The Balaban J connectivity index is 2.23. The van der Waals surface area contributed by atoms with Gasteiger partial charge in [-0.05, 0) is 54.0 Å². The van der Waals surface area contributed by atoms with E-state index in [0.717, 1.165) is 27.4 Å². The Morgan fingerprint density at radius 3 is 2.56 bits per heavy atom. The van der Waals surface area contributed by atoms with Crippen LogP contribution in [0.3, 0.4) is 0 Å². The Kier molecular flexibility index (Phi) is 3.19. The lowest BCUT2D eigenvalue weighted by Crippen LogP contribution is -1.97. The Bertz CT molecular complexity index is 494. The summed E-state index contributed by atoms with van der Waals surface area (Å²) in [5, 5.41) is 3.23. The van der Waals surface area contributed by atoms with E-state index in [1.54, 1.807) is 6.20 Å². The number of hydrogen-bond donors (Lipinski definition) is 1. The molecule has 0 aliphatic carbocycles. The molecule has 0 unspecified atom stereocenters. The van der Waals surface area contributed by atoms with E-state index in [1.165, 1.54) is 0 Å². The molecule has 0 radical (unpaired) electrons. The van der Waals surface area contributed by atoms with Crippen molar-refractivity contribution < 1.29 is 0 Å². The minimum Gasteiger partial charge on any atom is -0.339 e. The maximum Gasteiger partial charge on any atom is 0.130 e. The van der Waals surface area contributed by atoms with Crippen molar-refractivity contribution in [3.05, 3.63) is 46.3 Å². The summed E-state index contributed by atoms with van der Waals surface area (Å²) in [6.07, 6.45) is 1.76. The molecule has 4 heteroatoms. The van der Waals surface area contributed by atoms with E-state index in [0.29, 0.717) is 0 Å². The van der Waals surface area contributed by atoms with Crippen molar-refractivity contribution >= 4 is 27.4 Å². The lowest BCUT2D eigenvalue weighted by molar-refractivity contribution is 1.12. The molecule has 0 aliphatic heterocycles. The van der Waals surface area contributed by atoms with E-state index in [-0.39, 0.29) is 0 Å². The van der Waals surface area contributed by atoms with Crippen LogP contribution in [0.15, 0.2) is 34.9 Å². The molecule has 0 aromatic carbocycles. The summed E-state index contributed by atoms with van der Waals surface area (Å²) in [5.41, 5.74) is 2.98. The van der Waals surface area contributed by atoms with E-state index in [2.05, 4.69) is 31.2 Å². The van der Waals surface area contributed by atoms with Crippen LogP contribution in [-0.4, -0.2) is 9.97 Å². The van der Waals surface area contributed by atoms with Crippen molar-refractivity contribution in [1.82, 2.24) is 9.97 Å². The molecule has 82 valence electrons. The first-order valence-electron chi connectivity index (χ1n) is 4.98. The summed E-state index contributed by atoms with van der Waals surface area (Å²) in [6.45, 7) is 3.96. The zero-order chi connectivity index (χ0) is 11.5. The van der Waals surface area contributed by atoms with Gasteiger partial charge in [-0.15, -0.1) is 0 Å². The van der Waals surface area contributed by atoms with E-state index < -0.39 is 0 Å². The van der Waals surface area contributed by atoms with Crippen molar-refractivity contribution in [1.29, 1.82) is 0 Å². The van der Waals surface area contributed by atoms with Crippen LogP contribution in [0.5, 0.6) is 0 Å². The molecule has 0 aliphatic rings. The highest BCUT2D eigenvalue weighted by atomic mass is 79.9. The summed E-state index contributed by atoms with van der Waals surface area (Å²) in [5.74, 6) is 0.817. The van der Waals surface area contributed by atoms with E-state index in [1.807, 2.05) is 38.1 Å². The Labute approximate surface area is 103 Å².